The first kappa shape index (κ1) is 13.9. The van der Waals surface area contributed by atoms with Crippen LogP contribution in [0.4, 0.5) is 5.69 Å². The van der Waals surface area contributed by atoms with E-state index >= 15 is 0 Å². The summed E-state index contributed by atoms with van der Waals surface area (Å²) in [5.41, 5.74) is 2.53. The molecule has 0 aromatic heterocycles. The van der Waals surface area contributed by atoms with E-state index in [0.717, 1.165) is 16.9 Å². The fourth-order valence-corrected chi connectivity index (χ4v) is 2.40. The maximum atomic E-state index is 5.99. The summed E-state index contributed by atoms with van der Waals surface area (Å²) in [7, 11) is 2.14. The third kappa shape index (κ3) is 3.99. The van der Waals surface area contributed by atoms with Gasteiger partial charge in [-0.25, -0.2) is 0 Å². The van der Waals surface area contributed by atoms with Crippen LogP contribution in [0.15, 0.2) is 18.2 Å². The lowest BCUT2D eigenvalue weighted by Gasteiger charge is -2.22. The molecule has 1 nitrogen and oxygen atoms in total. The smallest absolute Gasteiger partial charge is 0.0410 e. The number of alkyl halides is 1. The monoisotopic (exact) mass is 303 g/mol. The Morgan fingerprint density at radius 2 is 2.06 bits per heavy atom. The number of benzene rings is 1. The van der Waals surface area contributed by atoms with Gasteiger partial charge >= 0.3 is 0 Å². The van der Waals surface area contributed by atoms with Crippen molar-refractivity contribution in [2.45, 2.75) is 31.5 Å². The summed E-state index contributed by atoms with van der Waals surface area (Å²) in [4.78, 5) is 2.31. The molecule has 0 radical (unpaired) electrons. The molecule has 3 heteroatoms. The van der Waals surface area contributed by atoms with Gasteiger partial charge in [0, 0.05) is 29.6 Å². The average Bonchev–Trinajstić information content (AvgIpc) is 2.29. The first-order chi connectivity index (χ1) is 7.69. The van der Waals surface area contributed by atoms with E-state index in [1.165, 1.54) is 30.5 Å². The van der Waals surface area contributed by atoms with Gasteiger partial charge in [-0.2, -0.15) is 0 Å². The number of nitrogens with zero attached hydrogens (tertiary/aromatic N) is 1. The molecule has 1 rings (SSSR count). The second-order valence-electron chi connectivity index (χ2n) is 4.04. The Bertz CT molecular complexity index is 328. The average molecular weight is 305 g/mol. The standard InChI is InChI=1S/C13H19BrClN/c1-3-4-5-8-16(2)13-7-6-12(15)9-11(13)10-14/h6-7,9H,3-5,8,10H2,1-2H3. The van der Waals surface area contributed by atoms with Crippen LogP contribution in [0.2, 0.25) is 5.02 Å². The second kappa shape index (κ2) is 7.18. The van der Waals surface area contributed by atoms with Crippen LogP contribution in [0.3, 0.4) is 0 Å². The molecule has 0 unspecified atom stereocenters. The van der Waals surface area contributed by atoms with Crippen LogP contribution in [0, 0.1) is 0 Å². The fourth-order valence-electron chi connectivity index (χ4n) is 1.75. The van der Waals surface area contributed by atoms with E-state index in [1.54, 1.807) is 0 Å². The molecule has 0 heterocycles. The summed E-state index contributed by atoms with van der Waals surface area (Å²) >= 11 is 9.50. The van der Waals surface area contributed by atoms with Gasteiger partial charge in [0.05, 0.1) is 0 Å². The number of halogens is 2. The van der Waals surface area contributed by atoms with Crippen molar-refractivity contribution in [2.24, 2.45) is 0 Å². The Morgan fingerprint density at radius 3 is 2.69 bits per heavy atom. The zero-order chi connectivity index (χ0) is 12.0. The Kier molecular flexibility index (Phi) is 6.22. The molecular formula is C13H19BrClN. The van der Waals surface area contributed by atoms with Crippen LogP contribution < -0.4 is 4.90 Å². The highest BCUT2D eigenvalue weighted by Gasteiger charge is 2.06. The van der Waals surface area contributed by atoms with Gasteiger partial charge in [0.25, 0.3) is 0 Å². The first-order valence-corrected chi connectivity index (χ1v) is 7.24. The summed E-state index contributed by atoms with van der Waals surface area (Å²) in [5.74, 6) is 0. The van der Waals surface area contributed by atoms with Crippen molar-refractivity contribution in [1.29, 1.82) is 0 Å². The molecule has 0 amide bonds. The van der Waals surface area contributed by atoms with E-state index in [1.807, 2.05) is 12.1 Å². The van der Waals surface area contributed by atoms with Crippen molar-refractivity contribution in [3.05, 3.63) is 28.8 Å². The summed E-state index contributed by atoms with van der Waals surface area (Å²) in [6.07, 6.45) is 3.80. The zero-order valence-corrected chi connectivity index (χ0v) is 12.3. The lowest BCUT2D eigenvalue weighted by atomic mass is 10.1. The molecule has 0 bridgehead atoms. The summed E-state index contributed by atoms with van der Waals surface area (Å²) in [5, 5.41) is 1.65. The highest BCUT2D eigenvalue weighted by Crippen LogP contribution is 2.25. The van der Waals surface area contributed by atoms with E-state index in [9.17, 15) is 0 Å². The van der Waals surface area contributed by atoms with Crippen molar-refractivity contribution in [2.75, 3.05) is 18.5 Å². The Morgan fingerprint density at radius 1 is 1.31 bits per heavy atom. The van der Waals surface area contributed by atoms with Gasteiger partial charge in [0.2, 0.25) is 0 Å². The SMILES string of the molecule is CCCCCN(C)c1ccc(Cl)cc1CBr. The summed E-state index contributed by atoms with van der Waals surface area (Å²) in [6.45, 7) is 3.33. The predicted octanol–water partition coefficient (Wildman–Crippen LogP) is 4.86. The summed E-state index contributed by atoms with van der Waals surface area (Å²) in [6, 6.07) is 6.09. The molecule has 0 aliphatic carbocycles. The lowest BCUT2D eigenvalue weighted by molar-refractivity contribution is 0.704. The normalized spacial score (nSPS) is 10.5. The van der Waals surface area contributed by atoms with Gasteiger partial charge in [-0.3, -0.25) is 0 Å². The van der Waals surface area contributed by atoms with Crippen molar-refractivity contribution in [3.8, 4) is 0 Å². The molecule has 1 aromatic rings. The van der Waals surface area contributed by atoms with Gasteiger partial charge in [0.15, 0.2) is 0 Å². The predicted molar refractivity (Wildman–Crippen MR) is 76.9 cm³/mol. The largest absolute Gasteiger partial charge is 0.374 e. The minimum absolute atomic E-state index is 0.806. The number of unbranched alkanes of at least 4 members (excludes halogenated alkanes) is 2. The Labute approximate surface area is 112 Å². The van der Waals surface area contributed by atoms with Crippen LogP contribution in [0.5, 0.6) is 0 Å². The minimum atomic E-state index is 0.806. The fraction of sp³-hybridized carbons (Fsp3) is 0.538. The number of hydrogen-bond donors (Lipinski definition) is 0. The molecular weight excluding hydrogens is 286 g/mol. The number of rotatable bonds is 6. The molecule has 0 aliphatic rings. The Hall–Kier alpha value is -0.210. The maximum absolute atomic E-state index is 5.99. The minimum Gasteiger partial charge on any atom is -0.374 e. The van der Waals surface area contributed by atoms with Crippen LogP contribution in [-0.2, 0) is 5.33 Å². The molecule has 0 atom stereocenters. The van der Waals surface area contributed by atoms with E-state index in [0.29, 0.717) is 0 Å². The Balaban J connectivity index is 2.70. The second-order valence-corrected chi connectivity index (χ2v) is 5.03. The maximum Gasteiger partial charge on any atom is 0.0410 e. The number of hydrogen-bond acceptors (Lipinski definition) is 1. The van der Waals surface area contributed by atoms with E-state index < -0.39 is 0 Å². The third-order valence-electron chi connectivity index (χ3n) is 2.69. The molecule has 0 saturated heterocycles. The molecule has 0 fully saturated rings. The topological polar surface area (TPSA) is 3.24 Å². The highest BCUT2D eigenvalue weighted by molar-refractivity contribution is 9.08. The zero-order valence-electron chi connectivity index (χ0n) is 9.97. The van der Waals surface area contributed by atoms with Crippen molar-refractivity contribution < 1.29 is 0 Å². The van der Waals surface area contributed by atoms with Gasteiger partial charge < -0.3 is 4.90 Å². The molecule has 0 saturated carbocycles. The van der Waals surface area contributed by atoms with Crippen molar-refractivity contribution in [3.63, 3.8) is 0 Å². The highest BCUT2D eigenvalue weighted by atomic mass is 79.9. The van der Waals surface area contributed by atoms with E-state index in [2.05, 4.69) is 40.9 Å². The molecule has 16 heavy (non-hydrogen) atoms. The molecule has 1 aromatic carbocycles. The van der Waals surface area contributed by atoms with Crippen molar-refractivity contribution in [1.82, 2.24) is 0 Å². The number of anilines is 1. The van der Waals surface area contributed by atoms with Gasteiger partial charge in [-0.1, -0.05) is 47.3 Å². The molecule has 90 valence electrons. The van der Waals surface area contributed by atoms with Gasteiger partial charge in [-0.15, -0.1) is 0 Å². The molecule has 0 spiro atoms. The first-order valence-electron chi connectivity index (χ1n) is 5.74. The summed E-state index contributed by atoms with van der Waals surface area (Å²) < 4.78 is 0. The molecule has 0 aliphatic heterocycles. The van der Waals surface area contributed by atoms with Gasteiger partial charge in [0.1, 0.15) is 0 Å². The van der Waals surface area contributed by atoms with E-state index in [-0.39, 0.29) is 0 Å². The van der Waals surface area contributed by atoms with Crippen LogP contribution in [0.25, 0.3) is 0 Å². The van der Waals surface area contributed by atoms with Crippen molar-refractivity contribution >= 4 is 33.2 Å². The molecule has 0 N–H and O–H groups in total. The van der Waals surface area contributed by atoms with E-state index in [4.69, 9.17) is 11.6 Å². The van der Waals surface area contributed by atoms with Gasteiger partial charge in [-0.05, 0) is 30.2 Å². The lowest BCUT2D eigenvalue weighted by Crippen LogP contribution is -2.19. The quantitative estimate of drug-likeness (QED) is 0.536. The van der Waals surface area contributed by atoms with Crippen LogP contribution >= 0.6 is 27.5 Å². The van der Waals surface area contributed by atoms with Crippen LogP contribution in [0.1, 0.15) is 31.7 Å². The van der Waals surface area contributed by atoms with Crippen LogP contribution in [-0.4, -0.2) is 13.6 Å². The third-order valence-corrected chi connectivity index (χ3v) is 3.53.